The number of carboxylic acid groups (broad SMARTS) is 1. The van der Waals surface area contributed by atoms with Gasteiger partial charge in [-0.25, -0.2) is 4.79 Å². The average molecular weight is 207 g/mol. The number of rotatable bonds is 2. The van der Waals surface area contributed by atoms with Crippen molar-refractivity contribution in [1.29, 1.82) is 0 Å². The molecule has 0 unspecified atom stereocenters. The highest BCUT2D eigenvalue weighted by Gasteiger charge is 2.07. The van der Waals surface area contributed by atoms with E-state index in [0.29, 0.717) is 9.90 Å². The molecule has 12 heavy (non-hydrogen) atoms. The molecule has 1 aromatic heterocycles. The number of hydrogen-bond acceptors (Lipinski definition) is 2. The number of thiophene rings is 1. The molecule has 64 valence electrons. The van der Waals surface area contributed by atoms with Crippen LogP contribution < -0.4 is 0 Å². The lowest BCUT2D eigenvalue weighted by Gasteiger charge is -1.88. The average Bonchev–Trinajstić information content (AvgIpc) is 2.36. The first-order valence-electron chi connectivity index (χ1n) is 2.94. The second-order valence-electron chi connectivity index (χ2n) is 1.93. The van der Waals surface area contributed by atoms with Crippen molar-refractivity contribution >= 4 is 35.0 Å². The molecule has 0 aliphatic heterocycles. The highest BCUT2D eigenvalue weighted by Crippen LogP contribution is 2.24. The van der Waals surface area contributed by atoms with E-state index in [1.807, 2.05) is 0 Å². The van der Waals surface area contributed by atoms with Gasteiger partial charge in [-0.2, -0.15) is 4.39 Å². The number of hydrogen-bond donors (Lipinski definition) is 1. The maximum Gasteiger partial charge on any atom is 0.364 e. The van der Waals surface area contributed by atoms with E-state index in [-0.39, 0.29) is 0 Å². The SMILES string of the molecule is O=C(O)/C(F)=C/c1sccc1Cl. The Hall–Kier alpha value is -0.870. The summed E-state index contributed by atoms with van der Waals surface area (Å²) < 4.78 is 12.5. The summed E-state index contributed by atoms with van der Waals surface area (Å²) in [7, 11) is 0. The summed E-state index contributed by atoms with van der Waals surface area (Å²) in [5.41, 5.74) is 0. The van der Waals surface area contributed by atoms with Crippen LogP contribution >= 0.6 is 22.9 Å². The highest BCUT2D eigenvalue weighted by atomic mass is 35.5. The Balaban J connectivity index is 2.95. The van der Waals surface area contributed by atoms with Gasteiger partial charge in [-0.05, 0) is 11.4 Å². The maximum atomic E-state index is 12.5. The number of carbonyl (C=O) groups is 1. The second kappa shape index (κ2) is 3.69. The van der Waals surface area contributed by atoms with E-state index in [1.54, 1.807) is 11.4 Å². The Morgan fingerprint density at radius 3 is 2.83 bits per heavy atom. The Bertz CT molecular complexity index is 332. The van der Waals surface area contributed by atoms with Crippen molar-refractivity contribution in [3.05, 3.63) is 27.2 Å². The zero-order chi connectivity index (χ0) is 9.14. The first kappa shape index (κ1) is 9.22. The molecule has 1 rings (SSSR count). The van der Waals surface area contributed by atoms with Crippen LogP contribution in [0.15, 0.2) is 17.3 Å². The largest absolute Gasteiger partial charge is 0.476 e. The summed E-state index contributed by atoms with van der Waals surface area (Å²) in [5.74, 6) is -2.79. The normalized spacial score (nSPS) is 11.7. The molecule has 0 saturated heterocycles. The summed E-state index contributed by atoms with van der Waals surface area (Å²) in [6.07, 6.45) is 0.898. The van der Waals surface area contributed by atoms with E-state index >= 15 is 0 Å². The lowest BCUT2D eigenvalue weighted by Crippen LogP contribution is -1.93. The molecule has 0 aliphatic rings. The van der Waals surface area contributed by atoms with Gasteiger partial charge in [-0.1, -0.05) is 11.6 Å². The van der Waals surface area contributed by atoms with Gasteiger partial charge in [0.25, 0.3) is 0 Å². The van der Waals surface area contributed by atoms with Crippen molar-refractivity contribution in [1.82, 2.24) is 0 Å². The summed E-state index contributed by atoms with van der Waals surface area (Å²) in [4.78, 5) is 10.5. The zero-order valence-electron chi connectivity index (χ0n) is 5.75. The van der Waals surface area contributed by atoms with Gasteiger partial charge in [0.05, 0.1) is 5.02 Å². The second-order valence-corrected chi connectivity index (χ2v) is 3.29. The van der Waals surface area contributed by atoms with E-state index in [1.165, 1.54) is 11.3 Å². The van der Waals surface area contributed by atoms with Crippen molar-refractivity contribution in [2.75, 3.05) is 0 Å². The smallest absolute Gasteiger partial charge is 0.364 e. The van der Waals surface area contributed by atoms with E-state index in [2.05, 4.69) is 0 Å². The molecule has 0 radical (unpaired) electrons. The molecule has 0 atom stereocenters. The van der Waals surface area contributed by atoms with Crippen LogP contribution in [0.3, 0.4) is 0 Å². The summed E-state index contributed by atoms with van der Waals surface area (Å²) in [6.45, 7) is 0. The first-order valence-corrected chi connectivity index (χ1v) is 4.20. The van der Waals surface area contributed by atoms with Gasteiger partial charge in [0.1, 0.15) is 0 Å². The van der Waals surface area contributed by atoms with Gasteiger partial charge in [0, 0.05) is 11.0 Å². The van der Waals surface area contributed by atoms with Crippen LogP contribution in [0.4, 0.5) is 4.39 Å². The van der Waals surface area contributed by atoms with E-state index in [9.17, 15) is 9.18 Å². The van der Waals surface area contributed by atoms with E-state index in [0.717, 1.165) is 6.08 Å². The summed E-state index contributed by atoms with van der Waals surface area (Å²) in [6, 6.07) is 1.58. The fraction of sp³-hybridized carbons (Fsp3) is 0. The van der Waals surface area contributed by atoms with Crippen LogP contribution in [0.25, 0.3) is 6.08 Å². The molecule has 0 bridgehead atoms. The predicted octanol–water partition coefficient (Wildman–Crippen LogP) is 2.80. The highest BCUT2D eigenvalue weighted by molar-refractivity contribution is 7.11. The lowest BCUT2D eigenvalue weighted by atomic mass is 10.4. The van der Waals surface area contributed by atoms with Crippen molar-refractivity contribution in [3.63, 3.8) is 0 Å². The van der Waals surface area contributed by atoms with Gasteiger partial charge in [0.15, 0.2) is 0 Å². The standard InChI is InChI=1S/C7H4ClFO2S/c8-4-1-2-12-6(4)3-5(9)7(10)11/h1-3H,(H,10,11)/b5-3-. The van der Waals surface area contributed by atoms with E-state index in [4.69, 9.17) is 16.7 Å². The summed E-state index contributed by atoms with van der Waals surface area (Å²) in [5, 5.41) is 10.2. The van der Waals surface area contributed by atoms with Crippen LogP contribution in [0, 0.1) is 0 Å². The Labute approximate surface area is 76.9 Å². The van der Waals surface area contributed by atoms with Gasteiger partial charge in [-0.3, -0.25) is 0 Å². The molecule has 1 aromatic rings. The Kier molecular flexibility index (Phi) is 2.83. The van der Waals surface area contributed by atoms with Gasteiger partial charge in [-0.15, -0.1) is 11.3 Å². The van der Waals surface area contributed by atoms with Gasteiger partial charge < -0.3 is 5.11 Å². The third-order valence-corrected chi connectivity index (χ3v) is 2.41. The molecule has 0 aromatic carbocycles. The first-order chi connectivity index (χ1) is 5.61. The van der Waals surface area contributed by atoms with Crippen molar-refractivity contribution < 1.29 is 14.3 Å². The number of carboxylic acids is 1. The molecule has 1 N–H and O–H groups in total. The van der Waals surface area contributed by atoms with Crippen LogP contribution in [0.1, 0.15) is 4.88 Å². The molecule has 2 nitrogen and oxygen atoms in total. The third kappa shape index (κ3) is 2.06. The molecule has 1 heterocycles. The summed E-state index contributed by atoms with van der Waals surface area (Å²) >= 11 is 6.78. The van der Waals surface area contributed by atoms with E-state index < -0.39 is 11.8 Å². The maximum absolute atomic E-state index is 12.5. The van der Waals surface area contributed by atoms with Gasteiger partial charge in [0.2, 0.25) is 5.83 Å². The monoisotopic (exact) mass is 206 g/mol. The fourth-order valence-corrected chi connectivity index (χ4v) is 1.61. The van der Waals surface area contributed by atoms with Crippen LogP contribution in [0.2, 0.25) is 5.02 Å². The quantitative estimate of drug-likeness (QED) is 0.756. The van der Waals surface area contributed by atoms with Crippen LogP contribution in [-0.2, 0) is 4.79 Å². The van der Waals surface area contributed by atoms with Crippen molar-refractivity contribution in [3.8, 4) is 0 Å². The number of aliphatic carboxylic acids is 1. The zero-order valence-corrected chi connectivity index (χ0v) is 7.32. The fourth-order valence-electron chi connectivity index (χ4n) is 0.585. The predicted molar refractivity (Wildman–Crippen MR) is 46.0 cm³/mol. The minimum atomic E-state index is -1.58. The molecule has 5 heteroatoms. The molecule has 0 fully saturated rings. The molecule has 0 spiro atoms. The van der Waals surface area contributed by atoms with Crippen LogP contribution in [0.5, 0.6) is 0 Å². The third-order valence-electron chi connectivity index (χ3n) is 1.11. The lowest BCUT2D eigenvalue weighted by molar-refractivity contribution is -0.134. The number of halogens is 2. The van der Waals surface area contributed by atoms with Gasteiger partial charge >= 0.3 is 5.97 Å². The Morgan fingerprint density at radius 1 is 1.75 bits per heavy atom. The molecule has 0 saturated carbocycles. The minimum absolute atomic E-state index is 0.358. The van der Waals surface area contributed by atoms with Crippen molar-refractivity contribution in [2.24, 2.45) is 0 Å². The van der Waals surface area contributed by atoms with Crippen molar-refractivity contribution in [2.45, 2.75) is 0 Å². The van der Waals surface area contributed by atoms with Crippen LogP contribution in [-0.4, -0.2) is 11.1 Å². The molecular weight excluding hydrogens is 203 g/mol. The molecule has 0 amide bonds. The molecular formula is C7H4ClFO2S. The topological polar surface area (TPSA) is 37.3 Å². The molecule has 0 aliphatic carbocycles. The Morgan fingerprint density at radius 2 is 2.42 bits per heavy atom. The minimum Gasteiger partial charge on any atom is -0.476 e.